The summed E-state index contributed by atoms with van der Waals surface area (Å²) in [5.41, 5.74) is 0.749. The van der Waals surface area contributed by atoms with Gasteiger partial charge in [-0.05, 0) is 41.5 Å². The highest BCUT2D eigenvalue weighted by Crippen LogP contribution is 2.16. The van der Waals surface area contributed by atoms with E-state index in [1.165, 1.54) is 22.9 Å². The zero-order valence-electron chi connectivity index (χ0n) is 14.7. The van der Waals surface area contributed by atoms with Crippen LogP contribution in [0.4, 0.5) is 4.39 Å². The zero-order valence-corrected chi connectivity index (χ0v) is 15.4. The fourth-order valence-corrected chi connectivity index (χ4v) is 3.29. The van der Waals surface area contributed by atoms with Crippen LogP contribution >= 0.6 is 11.6 Å². The molecule has 0 aliphatic heterocycles. The molecule has 0 saturated carbocycles. The molecule has 0 spiro atoms. The van der Waals surface area contributed by atoms with Crippen molar-refractivity contribution in [2.45, 2.75) is 13.1 Å². The summed E-state index contributed by atoms with van der Waals surface area (Å²) in [4.78, 5) is 30.3. The van der Waals surface area contributed by atoms with Crippen molar-refractivity contribution in [3.63, 3.8) is 0 Å². The first kappa shape index (κ1) is 18.1. The summed E-state index contributed by atoms with van der Waals surface area (Å²) in [6.45, 7) is 0.209. The van der Waals surface area contributed by atoms with Crippen molar-refractivity contribution in [3.8, 4) is 0 Å². The number of rotatable bonds is 4. The Morgan fingerprint density at radius 2 is 1.64 bits per heavy atom. The van der Waals surface area contributed by atoms with E-state index in [1.807, 2.05) is 0 Å². The van der Waals surface area contributed by atoms with E-state index in [1.54, 1.807) is 48.5 Å². The fraction of sp³-hybridized carbons (Fsp3) is 0.0952. The molecule has 0 bridgehead atoms. The molecule has 140 valence electrons. The lowest BCUT2D eigenvalue weighted by Crippen LogP contribution is -2.40. The standard InChI is InChI=1S/C21H15ClFN3O2/c22-18-6-2-1-4-15(18)13-26-20(27)17-5-3-11-24-19(17)25(21(26)28)12-14-7-9-16(23)10-8-14/h1-11H,12-13H2. The molecule has 7 heteroatoms. The van der Waals surface area contributed by atoms with Gasteiger partial charge in [-0.1, -0.05) is 41.9 Å². The Morgan fingerprint density at radius 3 is 2.39 bits per heavy atom. The SMILES string of the molecule is O=c1c2cccnc2n(Cc2ccc(F)cc2)c(=O)n1Cc1ccccc1Cl. The minimum atomic E-state index is -0.500. The number of halogens is 2. The van der Waals surface area contributed by atoms with Crippen LogP contribution in [0.2, 0.25) is 5.02 Å². The van der Waals surface area contributed by atoms with Gasteiger partial charge < -0.3 is 0 Å². The van der Waals surface area contributed by atoms with E-state index in [0.717, 1.165) is 10.1 Å². The van der Waals surface area contributed by atoms with Crippen LogP contribution in [0.3, 0.4) is 0 Å². The van der Waals surface area contributed by atoms with Gasteiger partial charge in [0.2, 0.25) is 0 Å². The van der Waals surface area contributed by atoms with Crippen LogP contribution in [0.1, 0.15) is 11.1 Å². The molecular weight excluding hydrogens is 381 g/mol. The smallest absolute Gasteiger partial charge is 0.273 e. The summed E-state index contributed by atoms with van der Waals surface area (Å²) < 4.78 is 15.8. The van der Waals surface area contributed by atoms with Crippen LogP contribution < -0.4 is 11.2 Å². The third-order valence-corrected chi connectivity index (χ3v) is 4.89. The molecule has 0 radical (unpaired) electrons. The quantitative estimate of drug-likeness (QED) is 0.532. The number of fused-ring (bicyclic) bond motifs is 1. The van der Waals surface area contributed by atoms with Crippen molar-refractivity contribution in [1.29, 1.82) is 0 Å². The van der Waals surface area contributed by atoms with E-state index in [-0.39, 0.29) is 24.6 Å². The highest BCUT2D eigenvalue weighted by atomic mass is 35.5. The number of benzene rings is 2. The average Bonchev–Trinajstić information content (AvgIpc) is 2.71. The Labute approximate surface area is 164 Å². The van der Waals surface area contributed by atoms with Gasteiger partial charge in [-0.15, -0.1) is 0 Å². The molecule has 0 aliphatic carbocycles. The zero-order chi connectivity index (χ0) is 19.7. The van der Waals surface area contributed by atoms with Gasteiger partial charge >= 0.3 is 5.69 Å². The monoisotopic (exact) mass is 395 g/mol. The van der Waals surface area contributed by atoms with E-state index in [4.69, 9.17) is 11.6 Å². The van der Waals surface area contributed by atoms with Crippen molar-refractivity contribution < 1.29 is 4.39 Å². The van der Waals surface area contributed by atoms with Crippen molar-refractivity contribution in [3.05, 3.63) is 110 Å². The second-order valence-corrected chi connectivity index (χ2v) is 6.76. The van der Waals surface area contributed by atoms with E-state index < -0.39 is 11.2 Å². The van der Waals surface area contributed by atoms with Gasteiger partial charge in [0, 0.05) is 11.2 Å². The molecule has 4 aromatic rings. The largest absolute Gasteiger partial charge is 0.333 e. The molecule has 4 rings (SSSR count). The number of aromatic nitrogens is 3. The van der Waals surface area contributed by atoms with Crippen molar-refractivity contribution in [2.24, 2.45) is 0 Å². The molecule has 0 N–H and O–H groups in total. The minimum absolute atomic E-state index is 0.0472. The van der Waals surface area contributed by atoms with Crippen molar-refractivity contribution >= 4 is 22.6 Å². The first-order valence-electron chi connectivity index (χ1n) is 8.61. The second-order valence-electron chi connectivity index (χ2n) is 6.35. The third-order valence-electron chi connectivity index (χ3n) is 4.52. The summed E-state index contributed by atoms with van der Waals surface area (Å²) >= 11 is 6.21. The Bertz CT molecular complexity index is 1280. The minimum Gasteiger partial charge on any atom is -0.273 e. The van der Waals surface area contributed by atoms with E-state index in [0.29, 0.717) is 16.0 Å². The maximum absolute atomic E-state index is 13.2. The average molecular weight is 396 g/mol. The first-order chi connectivity index (χ1) is 13.5. The summed E-state index contributed by atoms with van der Waals surface area (Å²) in [6.07, 6.45) is 1.53. The van der Waals surface area contributed by atoms with Gasteiger partial charge in [0.1, 0.15) is 11.5 Å². The number of nitrogens with zero attached hydrogens (tertiary/aromatic N) is 3. The molecule has 0 atom stereocenters. The predicted octanol–water partition coefficient (Wildman–Crippen LogP) is 3.45. The maximum Gasteiger partial charge on any atom is 0.333 e. The molecule has 0 fully saturated rings. The van der Waals surface area contributed by atoms with E-state index in [9.17, 15) is 14.0 Å². The van der Waals surface area contributed by atoms with Gasteiger partial charge in [0.25, 0.3) is 5.56 Å². The normalized spacial score (nSPS) is 11.1. The van der Waals surface area contributed by atoms with Crippen LogP contribution in [0, 0.1) is 5.82 Å². The van der Waals surface area contributed by atoms with Gasteiger partial charge in [-0.25, -0.2) is 14.2 Å². The third kappa shape index (κ3) is 3.34. The summed E-state index contributed by atoms with van der Waals surface area (Å²) in [5, 5.41) is 0.807. The lowest BCUT2D eigenvalue weighted by Gasteiger charge is -2.14. The predicted molar refractivity (Wildman–Crippen MR) is 106 cm³/mol. The second kappa shape index (κ2) is 7.40. The molecule has 2 aromatic heterocycles. The summed E-state index contributed by atoms with van der Waals surface area (Å²) in [6, 6.07) is 16.2. The first-order valence-corrected chi connectivity index (χ1v) is 8.98. The van der Waals surface area contributed by atoms with Crippen LogP contribution in [-0.2, 0) is 13.1 Å². The molecule has 0 amide bonds. The highest BCUT2D eigenvalue weighted by molar-refractivity contribution is 6.31. The molecule has 0 unspecified atom stereocenters. The van der Waals surface area contributed by atoms with Crippen molar-refractivity contribution in [1.82, 2.24) is 14.1 Å². The van der Waals surface area contributed by atoms with Crippen LogP contribution in [0.25, 0.3) is 11.0 Å². The van der Waals surface area contributed by atoms with E-state index >= 15 is 0 Å². The maximum atomic E-state index is 13.2. The number of hydrogen-bond donors (Lipinski definition) is 0. The Hall–Kier alpha value is -3.25. The van der Waals surface area contributed by atoms with Crippen LogP contribution in [0.5, 0.6) is 0 Å². The van der Waals surface area contributed by atoms with Gasteiger partial charge in [0.05, 0.1) is 18.5 Å². The Balaban J connectivity index is 1.91. The molecular formula is C21H15ClFN3O2. The van der Waals surface area contributed by atoms with Crippen LogP contribution in [-0.4, -0.2) is 14.1 Å². The topological polar surface area (TPSA) is 56.9 Å². The Morgan fingerprint density at radius 1 is 0.893 bits per heavy atom. The molecule has 5 nitrogen and oxygen atoms in total. The fourth-order valence-electron chi connectivity index (χ4n) is 3.10. The van der Waals surface area contributed by atoms with Gasteiger partial charge in [-0.2, -0.15) is 0 Å². The van der Waals surface area contributed by atoms with Gasteiger partial charge in [-0.3, -0.25) is 13.9 Å². The molecule has 0 aliphatic rings. The molecule has 2 aromatic carbocycles. The molecule has 2 heterocycles. The summed E-state index contributed by atoms with van der Waals surface area (Å²) in [5.74, 6) is -0.359. The number of hydrogen-bond acceptors (Lipinski definition) is 3. The van der Waals surface area contributed by atoms with Crippen LogP contribution in [0.15, 0.2) is 76.4 Å². The molecule has 28 heavy (non-hydrogen) atoms. The van der Waals surface area contributed by atoms with Gasteiger partial charge in [0.15, 0.2) is 0 Å². The molecule has 0 saturated heterocycles. The van der Waals surface area contributed by atoms with E-state index in [2.05, 4.69) is 4.98 Å². The lowest BCUT2D eigenvalue weighted by molar-refractivity contribution is 0.620. The van der Waals surface area contributed by atoms with Crippen molar-refractivity contribution in [2.75, 3.05) is 0 Å². The summed E-state index contributed by atoms with van der Waals surface area (Å²) in [7, 11) is 0. The highest BCUT2D eigenvalue weighted by Gasteiger charge is 2.15. The lowest BCUT2D eigenvalue weighted by atomic mass is 10.2. The number of pyridine rings is 1. The Kier molecular flexibility index (Phi) is 4.79.